The summed E-state index contributed by atoms with van der Waals surface area (Å²) in [5.74, 6) is 0. The molecule has 1 saturated heterocycles. The van der Waals surface area contributed by atoms with Gasteiger partial charge in [-0.15, -0.1) is 5.10 Å². The van der Waals surface area contributed by atoms with E-state index in [-0.39, 0.29) is 5.60 Å². The second kappa shape index (κ2) is 4.39. The Bertz CT molecular complexity index is 337. The molecule has 2 fully saturated rings. The normalized spacial score (nSPS) is 27.9. The Morgan fingerprint density at radius 3 is 3.19 bits per heavy atom. The van der Waals surface area contributed by atoms with Crippen LogP contribution in [0, 0.1) is 0 Å². The van der Waals surface area contributed by atoms with Gasteiger partial charge in [-0.1, -0.05) is 4.49 Å². The predicted octanol–water partition coefficient (Wildman–Crippen LogP) is 1.73. The monoisotopic (exact) mass is 239 g/mol. The molecule has 1 aromatic rings. The van der Waals surface area contributed by atoms with Crippen LogP contribution in [0.15, 0.2) is 5.38 Å². The van der Waals surface area contributed by atoms with Crippen molar-refractivity contribution in [1.29, 1.82) is 0 Å². The number of rotatable bonds is 3. The van der Waals surface area contributed by atoms with E-state index >= 15 is 0 Å². The van der Waals surface area contributed by atoms with Gasteiger partial charge in [0.25, 0.3) is 0 Å². The first-order valence-corrected chi connectivity index (χ1v) is 6.83. The molecule has 1 aliphatic carbocycles. The number of nitrogens with one attached hydrogen (secondary N) is 1. The molecule has 1 aromatic heterocycles. The standard InChI is InChI=1S/C11H17N3OS/c1-3-11(4-1)6-9(2-5-15-11)12-7-10-8-16-14-13-10/h8-9,12H,1-7H2. The molecule has 0 aromatic carbocycles. The van der Waals surface area contributed by atoms with Crippen LogP contribution in [0.1, 0.15) is 37.8 Å². The van der Waals surface area contributed by atoms with E-state index in [1.54, 1.807) is 0 Å². The molecular weight excluding hydrogens is 222 g/mol. The van der Waals surface area contributed by atoms with Gasteiger partial charge in [-0.05, 0) is 43.6 Å². The molecule has 1 atom stereocenters. The summed E-state index contributed by atoms with van der Waals surface area (Å²) < 4.78 is 9.77. The first kappa shape index (κ1) is 10.6. The molecule has 1 aliphatic heterocycles. The fraction of sp³-hybridized carbons (Fsp3) is 0.818. The SMILES string of the molecule is c1snnc1CNC1CCOC2(CCC2)C1. The lowest BCUT2D eigenvalue weighted by atomic mass is 9.74. The van der Waals surface area contributed by atoms with Gasteiger partial charge in [0.1, 0.15) is 0 Å². The third kappa shape index (κ3) is 2.12. The minimum atomic E-state index is 0.232. The summed E-state index contributed by atoms with van der Waals surface area (Å²) in [5, 5.41) is 9.62. The van der Waals surface area contributed by atoms with Crippen molar-refractivity contribution in [2.75, 3.05) is 6.61 Å². The number of ether oxygens (including phenoxy) is 1. The maximum Gasteiger partial charge on any atom is 0.0893 e. The van der Waals surface area contributed by atoms with Gasteiger partial charge in [0.2, 0.25) is 0 Å². The summed E-state index contributed by atoms with van der Waals surface area (Å²) in [6.45, 7) is 1.75. The summed E-state index contributed by atoms with van der Waals surface area (Å²) in [4.78, 5) is 0. The maximum absolute atomic E-state index is 5.90. The van der Waals surface area contributed by atoms with E-state index in [0.717, 1.165) is 25.3 Å². The fourth-order valence-electron chi connectivity index (χ4n) is 2.63. The topological polar surface area (TPSA) is 47.0 Å². The van der Waals surface area contributed by atoms with Crippen molar-refractivity contribution in [3.8, 4) is 0 Å². The zero-order chi connectivity index (χ0) is 10.8. The molecule has 0 bridgehead atoms. The number of nitrogens with zero attached hydrogens (tertiary/aromatic N) is 2. The quantitative estimate of drug-likeness (QED) is 0.872. The Morgan fingerprint density at radius 1 is 1.56 bits per heavy atom. The van der Waals surface area contributed by atoms with Gasteiger partial charge >= 0.3 is 0 Å². The van der Waals surface area contributed by atoms with Crippen LogP contribution in [-0.4, -0.2) is 27.8 Å². The Kier molecular flexibility index (Phi) is 2.91. The summed E-state index contributed by atoms with van der Waals surface area (Å²) >= 11 is 1.42. The second-order valence-electron chi connectivity index (χ2n) is 4.85. The third-order valence-corrected chi connectivity index (χ3v) is 4.29. The molecule has 3 rings (SSSR count). The van der Waals surface area contributed by atoms with E-state index in [9.17, 15) is 0 Å². The molecule has 1 spiro atoms. The second-order valence-corrected chi connectivity index (χ2v) is 5.46. The third-order valence-electron chi connectivity index (χ3n) is 3.73. The molecule has 2 aliphatic rings. The zero-order valence-electron chi connectivity index (χ0n) is 9.32. The molecule has 0 radical (unpaired) electrons. The summed E-state index contributed by atoms with van der Waals surface area (Å²) in [6.07, 6.45) is 6.14. The molecular formula is C11H17N3OS. The van der Waals surface area contributed by atoms with Gasteiger partial charge in [-0.25, -0.2) is 0 Å². The molecule has 1 saturated carbocycles. The molecule has 88 valence electrons. The number of hydrogen-bond donors (Lipinski definition) is 1. The van der Waals surface area contributed by atoms with Crippen LogP contribution < -0.4 is 5.32 Å². The number of hydrogen-bond acceptors (Lipinski definition) is 5. The highest BCUT2D eigenvalue weighted by Gasteiger charge is 2.42. The molecule has 2 heterocycles. The highest BCUT2D eigenvalue weighted by atomic mass is 32.1. The van der Waals surface area contributed by atoms with Gasteiger partial charge in [0, 0.05) is 24.6 Å². The van der Waals surface area contributed by atoms with E-state index in [2.05, 4.69) is 14.9 Å². The Balaban J connectivity index is 1.51. The Hall–Kier alpha value is -0.520. The number of aromatic nitrogens is 2. The fourth-order valence-corrected chi connectivity index (χ4v) is 3.08. The smallest absolute Gasteiger partial charge is 0.0893 e. The molecule has 4 nitrogen and oxygen atoms in total. The van der Waals surface area contributed by atoms with Crippen molar-refractivity contribution in [3.63, 3.8) is 0 Å². The van der Waals surface area contributed by atoms with Crippen LogP contribution >= 0.6 is 11.5 Å². The molecule has 1 unspecified atom stereocenters. The molecule has 0 amide bonds. The van der Waals surface area contributed by atoms with Gasteiger partial charge in [-0.3, -0.25) is 0 Å². The maximum atomic E-state index is 5.90. The van der Waals surface area contributed by atoms with Crippen molar-refractivity contribution in [2.24, 2.45) is 0 Å². The van der Waals surface area contributed by atoms with Crippen LogP contribution in [0.5, 0.6) is 0 Å². The minimum Gasteiger partial charge on any atom is -0.375 e. The van der Waals surface area contributed by atoms with Crippen molar-refractivity contribution < 1.29 is 4.74 Å². The first-order valence-electron chi connectivity index (χ1n) is 6.00. The molecule has 1 N–H and O–H groups in total. The average molecular weight is 239 g/mol. The van der Waals surface area contributed by atoms with Crippen LogP contribution in [0.2, 0.25) is 0 Å². The lowest BCUT2D eigenvalue weighted by Gasteiger charge is -2.47. The van der Waals surface area contributed by atoms with E-state index < -0.39 is 0 Å². The van der Waals surface area contributed by atoms with Crippen LogP contribution in [0.4, 0.5) is 0 Å². The molecule has 5 heteroatoms. The first-order chi connectivity index (χ1) is 7.86. The van der Waals surface area contributed by atoms with Gasteiger partial charge in [0.15, 0.2) is 0 Å². The van der Waals surface area contributed by atoms with E-state index in [1.165, 1.54) is 37.2 Å². The average Bonchev–Trinajstić information content (AvgIpc) is 2.77. The summed E-state index contributed by atoms with van der Waals surface area (Å²) in [5.41, 5.74) is 1.29. The highest BCUT2D eigenvalue weighted by molar-refractivity contribution is 7.03. The van der Waals surface area contributed by atoms with Crippen LogP contribution in [0.3, 0.4) is 0 Å². The van der Waals surface area contributed by atoms with Crippen LogP contribution in [0.25, 0.3) is 0 Å². The summed E-state index contributed by atoms with van der Waals surface area (Å²) in [6, 6.07) is 0.593. The Morgan fingerprint density at radius 2 is 2.50 bits per heavy atom. The van der Waals surface area contributed by atoms with Crippen molar-refractivity contribution in [1.82, 2.24) is 14.9 Å². The van der Waals surface area contributed by atoms with E-state index in [1.807, 2.05) is 5.38 Å². The predicted molar refractivity (Wildman–Crippen MR) is 62.3 cm³/mol. The van der Waals surface area contributed by atoms with Crippen molar-refractivity contribution in [3.05, 3.63) is 11.1 Å². The lowest BCUT2D eigenvalue weighted by Crippen LogP contribution is -2.50. The van der Waals surface area contributed by atoms with Crippen molar-refractivity contribution >= 4 is 11.5 Å². The zero-order valence-corrected chi connectivity index (χ0v) is 10.1. The van der Waals surface area contributed by atoms with Crippen LogP contribution in [-0.2, 0) is 11.3 Å². The molecule has 16 heavy (non-hydrogen) atoms. The largest absolute Gasteiger partial charge is 0.375 e. The highest BCUT2D eigenvalue weighted by Crippen LogP contribution is 2.42. The van der Waals surface area contributed by atoms with Gasteiger partial charge < -0.3 is 10.1 Å². The lowest BCUT2D eigenvalue weighted by molar-refractivity contribution is -0.135. The van der Waals surface area contributed by atoms with E-state index in [4.69, 9.17) is 4.74 Å². The van der Waals surface area contributed by atoms with Crippen molar-refractivity contribution in [2.45, 2.75) is 50.3 Å². The minimum absolute atomic E-state index is 0.232. The van der Waals surface area contributed by atoms with Gasteiger partial charge in [0.05, 0.1) is 11.3 Å². The van der Waals surface area contributed by atoms with Gasteiger partial charge in [-0.2, -0.15) is 0 Å². The summed E-state index contributed by atoms with van der Waals surface area (Å²) in [7, 11) is 0. The Labute approximate surface area is 99.6 Å². The van der Waals surface area contributed by atoms with E-state index in [0.29, 0.717) is 6.04 Å².